The summed E-state index contributed by atoms with van der Waals surface area (Å²) in [6.45, 7) is 11.7. The zero-order valence-corrected chi connectivity index (χ0v) is 18.4. The zero-order valence-electron chi connectivity index (χ0n) is 17.6. The minimum absolute atomic E-state index is 0.00701. The van der Waals surface area contributed by atoms with Crippen molar-refractivity contribution in [3.8, 4) is 11.5 Å². The molecule has 1 heterocycles. The second-order valence-electron chi connectivity index (χ2n) is 7.23. The first-order valence-corrected chi connectivity index (χ1v) is 10.1. The lowest BCUT2D eigenvalue weighted by Crippen LogP contribution is -2.56. The monoisotopic (exact) mass is 412 g/mol. The molecule has 0 bridgehead atoms. The van der Waals surface area contributed by atoms with Gasteiger partial charge in [0.25, 0.3) is 0 Å². The molecule has 1 aromatic rings. The van der Waals surface area contributed by atoms with E-state index in [1.807, 2.05) is 19.1 Å². The maximum absolute atomic E-state index is 6.35. The molecule has 0 unspecified atom stereocenters. The lowest BCUT2D eigenvalue weighted by atomic mass is 10.0. The van der Waals surface area contributed by atoms with Crippen LogP contribution in [0.2, 0.25) is 5.02 Å². The van der Waals surface area contributed by atoms with Gasteiger partial charge in [-0.1, -0.05) is 11.6 Å². The molecule has 0 saturated carbocycles. The van der Waals surface area contributed by atoms with E-state index in [0.717, 1.165) is 44.4 Å². The summed E-state index contributed by atoms with van der Waals surface area (Å²) in [7, 11) is 3.38. The van der Waals surface area contributed by atoms with Crippen LogP contribution in [0.1, 0.15) is 26.3 Å². The molecule has 0 atom stereocenters. The van der Waals surface area contributed by atoms with Crippen molar-refractivity contribution in [1.82, 2.24) is 15.5 Å². The van der Waals surface area contributed by atoms with Gasteiger partial charge in [0.05, 0.1) is 32.0 Å². The molecule has 7 nitrogen and oxygen atoms in total. The number of benzene rings is 1. The summed E-state index contributed by atoms with van der Waals surface area (Å²) in [6.07, 6.45) is 0. The molecular weight excluding hydrogens is 380 g/mol. The van der Waals surface area contributed by atoms with E-state index in [2.05, 4.69) is 34.4 Å². The highest BCUT2D eigenvalue weighted by molar-refractivity contribution is 6.32. The maximum Gasteiger partial charge on any atom is 0.191 e. The summed E-state index contributed by atoms with van der Waals surface area (Å²) in [4.78, 5) is 6.76. The lowest BCUT2D eigenvalue weighted by Gasteiger charge is -2.41. The number of guanidine groups is 1. The Bertz CT molecular complexity index is 661. The zero-order chi connectivity index (χ0) is 20.6. The Morgan fingerprint density at radius 3 is 2.61 bits per heavy atom. The first-order chi connectivity index (χ1) is 13.4. The average Bonchev–Trinajstić information content (AvgIpc) is 2.70. The summed E-state index contributed by atoms with van der Waals surface area (Å²) in [6, 6.07) is 3.81. The SMILES string of the molecule is CCOc1c(Cl)cc(CNC(=NC)NCC(C)(C)N2CCOCC2)cc1OC. The summed E-state index contributed by atoms with van der Waals surface area (Å²) in [5.41, 5.74) is 0.994. The topological polar surface area (TPSA) is 67.4 Å². The van der Waals surface area contributed by atoms with Crippen molar-refractivity contribution >= 4 is 17.6 Å². The molecule has 0 spiro atoms. The Balaban J connectivity index is 1.94. The maximum atomic E-state index is 6.35. The van der Waals surface area contributed by atoms with Crippen molar-refractivity contribution in [3.63, 3.8) is 0 Å². The fourth-order valence-corrected chi connectivity index (χ4v) is 3.43. The number of rotatable bonds is 8. The molecule has 0 radical (unpaired) electrons. The van der Waals surface area contributed by atoms with Gasteiger partial charge in [-0.15, -0.1) is 0 Å². The number of nitrogens with zero attached hydrogens (tertiary/aromatic N) is 2. The Kier molecular flexibility index (Phi) is 8.66. The van der Waals surface area contributed by atoms with E-state index < -0.39 is 0 Å². The van der Waals surface area contributed by atoms with Crippen LogP contribution in [0, 0.1) is 0 Å². The standard InChI is InChI=1S/C20H33ClN4O3/c1-6-28-18-16(21)11-15(12-17(18)26-5)13-23-19(22-4)24-14-20(2,3)25-7-9-27-10-8-25/h11-12H,6-10,13-14H2,1-5H3,(H2,22,23,24). The minimum Gasteiger partial charge on any atom is -0.493 e. The fraction of sp³-hybridized carbons (Fsp3) is 0.650. The molecule has 2 rings (SSSR count). The molecule has 28 heavy (non-hydrogen) atoms. The van der Waals surface area contributed by atoms with Crippen LogP contribution < -0.4 is 20.1 Å². The molecule has 1 aromatic carbocycles. The molecular formula is C20H33ClN4O3. The van der Waals surface area contributed by atoms with Crippen molar-refractivity contribution in [2.75, 3.05) is 53.6 Å². The summed E-state index contributed by atoms with van der Waals surface area (Å²) >= 11 is 6.35. The molecule has 8 heteroatoms. The molecule has 0 aromatic heterocycles. The second-order valence-corrected chi connectivity index (χ2v) is 7.64. The third kappa shape index (κ3) is 6.15. The van der Waals surface area contributed by atoms with Gasteiger partial charge in [-0.3, -0.25) is 9.89 Å². The Morgan fingerprint density at radius 1 is 1.29 bits per heavy atom. The van der Waals surface area contributed by atoms with E-state index in [1.54, 1.807) is 14.2 Å². The number of aliphatic imine (C=N–C) groups is 1. The normalized spacial score (nSPS) is 16.0. The van der Waals surface area contributed by atoms with Crippen molar-refractivity contribution < 1.29 is 14.2 Å². The number of hydrogen-bond acceptors (Lipinski definition) is 5. The Hall–Kier alpha value is -1.70. The highest BCUT2D eigenvalue weighted by Gasteiger charge is 2.28. The first kappa shape index (κ1) is 22.6. The van der Waals surface area contributed by atoms with Crippen LogP contribution in [0.25, 0.3) is 0 Å². The smallest absolute Gasteiger partial charge is 0.191 e. The predicted octanol–water partition coefficient (Wildman–Crippen LogP) is 2.52. The highest BCUT2D eigenvalue weighted by atomic mass is 35.5. The van der Waals surface area contributed by atoms with E-state index in [4.69, 9.17) is 25.8 Å². The van der Waals surface area contributed by atoms with Gasteiger partial charge in [-0.2, -0.15) is 0 Å². The molecule has 2 N–H and O–H groups in total. The Labute approximate surface area is 173 Å². The van der Waals surface area contributed by atoms with Gasteiger partial charge in [-0.05, 0) is 38.5 Å². The second kappa shape index (κ2) is 10.7. The van der Waals surface area contributed by atoms with Crippen molar-refractivity contribution in [3.05, 3.63) is 22.7 Å². The van der Waals surface area contributed by atoms with Gasteiger partial charge in [0.1, 0.15) is 0 Å². The van der Waals surface area contributed by atoms with Gasteiger partial charge >= 0.3 is 0 Å². The van der Waals surface area contributed by atoms with Crippen molar-refractivity contribution in [2.24, 2.45) is 4.99 Å². The van der Waals surface area contributed by atoms with E-state index in [1.165, 1.54) is 0 Å². The molecule has 158 valence electrons. The van der Waals surface area contributed by atoms with Crippen molar-refractivity contribution in [1.29, 1.82) is 0 Å². The molecule has 1 aliphatic heterocycles. The lowest BCUT2D eigenvalue weighted by molar-refractivity contribution is -0.00834. The number of methoxy groups -OCH3 is 1. The average molecular weight is 413 g/mol. The van der Waals surface area contributed by atoms with E-state index in [0.29, 0.717) is 29.7 Å². The minimum atomic E-state index is 0.00701. The van der Waals surface area contributed by atoms with Crippen LogP contribution in [-0.2, 0) is 11.3 Å². The molecule has 0 aliphatic carbocycles. The van der Waals surface area contributed by atoms with Crippen LogP contribution in [0.5, 0.6) is 11.5 Å². The molecule has 1 saturated heterocycles. The van der Waals surface area contributed by atoms with Crippen molar-refractivity contribution in [2.45, 2.75) is 32.9 Å². The fourth-order valence-electron chi connectivity index (χ4n) is 3.15. The molecule has 0 amide bonds. The van der Waals surface area contributed by atoms with E-state index in [-0.39, 0.29) is 5.54 Å². The quantitative estimate of drug-likeness (QED) is 0.505. The number of morpholine rings is 1. The largest absolute Gasteiger partial charge is 0.493 e. The van der Waals surface area contributed by atoms with Gasteiger partial charge < -0.3 is 24.8 Å². The van der Waals surface area contributed by atoms with Crippen LogP contribution >= 0.6 is 11.6 Å². The number of ether oxygens (including phenoxy) is 3. The third-order valence-corrected chi connectivity index (χ3v) is 5.10. The summed E-state index contributed by atoms with van der Waals surface area (Å²) < 4.78 is 16.4. The number of halogens is 1. The van der Waals surface area contributed by atoms with Crippen LogP contribution in [0.4, 0.5) is 0 Å². The van der Waals surface area contributed by atoms with Gasteiger partial charge in [0.2, 0.25) is 0 Å². The number of hydrogen-bond donors (Lipinski definition) is 2. The van der Waals surface area contributed by atoms with Gasteiger partial charge in [0.15, 0.2) is 17.5 Å². The van der Waals surface area contributed by atoms with Gasteiger partial charge in [0, 0.05) is 38.8 Å². The van der Waals surface area contributed by atoms with Crippen LogP contribution in [0.3, 0.4) is 0 Å². The highest BCUT2D eigenvalue weighted by Crippen LogP contribution is 2.36. The van der Waals surface area contributed by atoms with Gasteiger partial charge in [-0.25, -0.2) is 0 Å². The summed E-state index contributed by atoms with van der Waals surface area (Å²) in [5, 5.41) is 7.29. The van der Waals surface area contributed by atoms with Crippen LogP contribution in [0.15, 0.2) is 17.1 Å². The van der Waals surface area contributed by atoms with E-state index >= 15 is 0 Å². The van der Waals surface area contributed by atoms with E-state index in [9.17, 15) is 0 Å². The number of nitrogens with one attached hydrogen (secondary N) is 2. The third-order valence-electron chi connectivity index (χ3n) is 4.82. The molecule has 1 fully saturated rings. The predicted molar refractivity (Wildman–Crippen MR) is 114 cm³/mol. The molecule has 1 aliphatic rings. The van der Waals surface area contributed by atoms with Crippen LogP contribution in [-0.4, -0.2) is 70.0 Å². The summed E-state index contributed by atoms with van der Waals surface area (Å²) in [5.74, 6) is 1.94. The first-order valence-electron chi connectivity index (χ1n) is 9.67. The Morgan fingerprint density at radius 2 is 2.00 bits per heavy atom.